The summed E-state index contributed by atoms with van der Waals surface area (Å²) in [5, 5.41) is 7.92. The molecule has 1 aliphatic heterocycles. The summed E-state index contributed by atoms with van der Waals surface area (Å²) in [6.45, 7) is 2.17. The monoisotopic (exact) mass is 417 g/mol. The van der Waals surface area contributed by atoms with Crippen LogP contribution in [-0.2, 0) is 10.0 Å². The van der Waals surface area contributed by atoms with E-state index >= 15 is 0 Å². The molecule has 3 heterocycles. The first kappa shape index (κ1) is 18.9. The Labute approximate surface area is 169 Å². The van der Waals surface area contributed by atoms with Gasteiger partial charge in [0.1, 0.15) is 0 Å². The van der Waals surface area contributed by atoms with Crippen molar-refractivity contribution in [2.45, 2.75) is 11.3 Å². The molecule has 1 fully saturated rings. The molecule has 28 heavy (non-hydrogen) atoms. The van der Waals surface area contributed by atoms with Crippen molar-refractivity contribution < 1.29 is 8.42 Å². The van der Waals surface area contributed by atoms with E-state index in [0.717, 1.165) is 30.2 Å². The maximum atomic E-state index is 12.9. The predicted octanol–water partition coefficient (Wildman–Crippen LogP) is 3.03. The molecule has 0 saturated carbocycles. The van der Waals surface area contributed by atoms with Gasteiger partial charge in [-0.05, 0) is 42.8 Å². The molecular weight excluding hydrogens is 398 g/mol. The van der Waals surface area contributed by atoms with Crippen LogP contribution < -0.4 is 4.90 Å². The van der Waals surface area contributed by atoms with Crippen LogP contribution in [0.3, 0.4) is 0 Å². The highest BCUT2D eigenvalue weighted by Gasteiger charge is 2.27. The Bertz CT molecular complexity index is 1040. The van der Waals surface area contributed by atoms with E-state index in [2.05, 4.69) is 20.1 Å². The number of H-pyrrole nitrogens is 1. The van der Waals surface area contributed by atoms with Crippen molar-refractivity contribution in [1.82, 2.24) is 19.5 Å². The van der Waals surface area contributed by atoms with Gasteiger partial charge in [0.15, 0.2) is 5.82 Å². The lowest BCUT2D eigenvalue weighted by atomic mass is 10.2. The van der Waals surface area contributed by atoms with Gasteiger partial charge in [0.05, 0.1) is 16.3 Å². The number of anilines is 1. The largest absolute Gasteiger partial charge is 0.354 e. The smallest absolute Gasteiger partial charge is 0.243 e. The lowest BCUT2D eigenvalue weighted by Crippen LogP contribution is -2.35. The molecule has 0 aliphatic carbocycles. The highest BCUT2D eigenvalue weighted by molar-refractivity contribution is 7.89. The molecule has 3 aromatic rings. The molecule has 7 nitrogen and oxygen atoms in total. The Morgan fingerprint density at radius 2 is 1.82 bits per heavy atom. The van der Waals surface area contributed by atoms with E-state index in [9.17, 15) is 8.42 Å². The minimum absolute atomic E-state index is 0.266. The van der Waals surface area contributed by atoms with Crippen LogP contribution >= 0.6 is 11.6 Å². The zero-order chi connectivity index (χ0) is 19.6. The average molecular weight is 418 g/mol. The maximum absolute atomic E-state index is 12.9. The van der Waals surface area contributed by atoms with Gasteiger partial charge < -0.3 is 4.90 Å². The molecule has 0 amide bonds. The molecule has 1 aliphatic rings. The molecule has 0 atom stereocenters. The van der Waals surface area contributed by atoms with Gasteiger partial charge in [-0.2, -0.15) is 9.40 Å². The summed E-state index contributed by atoms with van der Waals surface area (Å²) >= 11 is 5.88. The van der Waals surface area contributed by atoms with Crippen LogP contribution in [0.2, 0.25) is 5.02 Å². The Kier molecular flexibility index (Phi) is 5.34. The van der Waals surface area contributed by atoms with Gasteiger partial charge in [0.25, 0.3) is 0 Å². The summed E-state index contributed by atoms with van der Waals surface area (Å²) in [6, 6.07) is 14.0. The Balaban J connectivity index is 1.48. The van der Waals surface area contributed by atoms with Crippen LogP contribution in [0.25, 0.3) is 11.4 Å². The molecule has 4 rings (SSSR count). The SMILES string of the molecule is O=S(=O)(c1ccc(Cl)cc1)N1CCCN(c2cc(-c3ccccn3)[nH]n2)CC1. The molecule has 0 bridgehead atoms. The van der Waals surface area contributed by atoms with Crippen LogP contribution in [-0.4, -0.2) is 54.1 Å². The molecule has 1 N–H and O–H groups in total. The van der Waals surface area contributed by atoms with Crippen LogP contribution in [0.1, 0.15) is 6.42 Å². The van der Waals surface area contributed by atoms with Gasteiger partial charge in [0, 0.05) is 43.5 Å². The molecule has 0 radical (unpaired) electrons. The third-order valence-electron chi connectivity index (χ3n) is 4.74. The van der Waals surface area contributed by atoms with Crippen molar-refractivity contribution in [2.24, 2.45) is 0 Å². The molecule has 9 heteroatoms. The first-order valence-electron chi connectivity index (χ1n) is 9.01. The van der Waals surface area contributed by atoms with Crippen LogP contribution in [0.5, 0.6) is 0 Å². The number of hydrogen-bond donors (Lipinski definition) is 1. The van der Waals surface area contributed by atoms with E-state index in [-0.39, 0.29) is 4.90 Å². The van der Waals surface area contributed by atoms with E-state index in [4.69, 9.17) is 11.6 Å². The molecule has 146 valence electrons. The van der Waals surface area contributed by atoms with Crippen LogP contribution in [0.4, 0.5) is 5.82 Å². The van der Waals surface area contributed by atoms with Crippen molar-refractivity contribution in [3.63, 3.8) is 0 Å². The highest BCUT2D eigenvalue weighted by atomic mass is 35.5. The molecule has 0 spiro atoms. The number of aromatic nitrogens is 3. The number of pyridine rings is 1. The van der Waals surface area contributed by atoms with E-state index in [1.54, 1.807) is 30.5 Å². The second-order valence-electron chi connectivity index (χ2n) is 6.55. The molecule has 1 saturated heterocycles. The fourth-order valence-electron chi connectivity index (χ4n) is 3.25. The minimum atomic E-state index is -3.54. The number of benzene rings is 1. The summed E-state index contributed by atoms with van der Waals surface area (Å²) in [5.41, 5.74) is 1.66. The van der Waals surface area contributed by atoms with Crippen molar-refractivity contribution in [1.29, 1.82) is 0 Å². The topological polar surface area (TPSA) is 82.2 Å². The van der Waals surface area contributed by atoms with Crippen molar-refractivity contribution >= 4 is 27.4 Å². The third-order valence-corrected chi connectivity index (χ3v) is 6.90. The molecule has 1 aromatic carbocycles. The van der Waals surface area contributed by atoms with Gasteiger partial charge in [-0.1, -0.05) is 17.7 Å². The van der Waals surface area contributed by atoms with Crippen molar-refractivity contribution in [3.8, 4) is 11.4 Å². The highest BCUT2D eigenvalue weighted by Crippen LogP contribution is 2.23. The fraction of sp³-hybridized carbons (Fsp3) is 0.263. The van der Waals surface area contributed by atoms with Gasteiger partial charge in [-0.25, -0.2) is 8.42 Å². The van der Waals surface area contributed by atoms with E-state index in [0.29, 0.717) is 24.7 Å². The predicted molar refractivity (Wildman–Crippen MR) is 109 cm³/mol. The second-order valence-corrected chi connectivity index (χ2v) is 8.93. The Morgan fingerprint density at radius 3 is 2.57 bits per heavy atom. The lowest BCUT2D eigenvalue weighted by Gasteiger charge is -2.21. The molecule has 2 aromatic heterocycles. The lowest BCUT2D eigenvalue weighted by molar-refractivity contribution is 0.433. The number of sulfonamides is 1. The Morgan fingerprint density at radius 1 is 1.00 bits per heavy atom. The number of hydrogen-bond acceptors (Lipinski definition) is 5. The van der Waals surface area contributed by atoms with E-state index < -0.39 is 10.0 Å². The van der Waals surface area contributed by atoms with Crippen LogP contribution in [0, 0.1) is 0 Å². The fourth-order valence-corrected chi connectivity index (χ4v) is 4.84. The van der Waals surface area contributed by atoms with Gasteiger partial charge in [-0.3, -0.25) is 10.1 Å². The number of halogens is 1. The number of nitrogens with zero attached hydrogens (tertiary/aromatic N) is 4. The first-order chi connectivity index (χ1) is 13.5. The first-order valence-corrected chi connectivity index (χ1v) is 10.8. The Hall–Kier alpha value is -2.42. The zero-order valence-corrected chi connectivity index (χ0v) is 16.7. The van der Waals surface area contributed by atoms with Crippen molar-refractivity contribution in [3.05, 3.63) is 59.8 Å². The second kappa shape index (κ2) is 7.90. The molecular formula is C19H20ClN5O2S. The normalized spacial score (nSPS) is 16.1. The maximum Gasteiger partial charge on any atom is 0.243 e. The quantitative estimate of drug-likeness (QED) is 0.705. The van der Waals surface area contributed by atoms with Gasteiger partial charge in [0.2, 0.25) is 10.0 Å². The number of aromatic amines is 1. The number of rotatable bonds is 4. The summed E-state index contributed by atoms with van der Waals surface area (Å²) in [6.07, 6.45) is 2.46. The molecule has 0 unspecified atom stereocenters. The summed E-state index contributed by atoms with van der Waals surface area (Å²) in [4.78, 5) is 6.69. The van der Waals surface area contributed by atoms with Crippen molar-refractivity contribution in [2.75, 3.05) is 31.1 Å². The summed E-state index contributed by atoms with van der Waals surface area (Å²) in [7, 11) is -3.54. The van der Waals surface area contributed by atoms with E-state index in [1.165, 1.54) is 4.31 Å². The number of nitrogens with one attached hydrogen (secondary N) is 1. The average Bonchev–Trinajstić information content (AvgIpc) is 3.06. The minimum Gasteiger partial charge on any atom is -0.354 e. The summed E-state index contributed by atoms with van der Waals surface area (Å²) < 4.78 is 27.4. The van der Waals surface area contributed by atoms with Gasteiger partial charge in [-0.15, -0.1) is 0 Å². The zero-order valence-electron chi connectivity index (χ0n) is 15.1. The standard InChI is InChI=1S/C19H20ClN5O2S/c20-15-5-7-16(8-6-15)28(26,27)25-11-3-10-24(12-13-25)19-14-18(22-23-19)17-4-1-2-9-21-17/h1-2,4-9,14H,3,10-13H2,(H,22,23). The third kappa shape index (κ3) is 3.89. The van der Waals surface area contributed by atoms with Gasteiger partial charge >= 0.3 is 0 Å². The van der Waals surface area contributed by atoms with Crippen LogP contribution in [0.15, 0.2) is 59.6 Å². The van der Waals surface area contributed by atoms with E-state index in [1.807, 2.05) is 24.3 Å². The summed E-state index contributed by atoms with van der Waals surface area (Å²) in [5.74, 6) is 0.798.